The summed E-state index contributed by atoms with van der Waals surface area (Å²) in [6, 6.07) is 13.2. The van der Waals surface area contributed by atoms with E-state index in [1.165, 1.54) is 6.92 Å². The molecular weight excluding hydrogens is 464 g/mol. The zero-order valence-corrected chi connectivity index (χ0v) is 18.1. The number of furan rings is 1. The minimum atomic E-state index is -0.659. The highest BCUT2D eigenvalue weighted by molar-refractivity contribution is 9.10. The van der Waals surface area contributed by atoms with Crippen molar-refractivity contribution in [3.63, 3.8) is 0 Å². The minimum absolute atomic E-state index is 0.116. The third-order valence-corrected chi connectivity index (χ3v) is 5.46. The summed E-state index contributed by atoms with van der Waals surface area (Å²) >= 11 is 3.33. The van der Waals surface area contributed by atoms with E-state index >= 15 is 0 Å². The number of hydrogen-bond acceptors (Lipinski definition) is 6. The highest BCUT2D eigenvalue weighted by Gasteiger charge is 2.21. The molecule has 31 heavy (non-hydrogen) atoms. The van der Waals surface area contributed by atoms with Gasteiger partial charge in [0, 0.05) is 21.0 Å². The molecule has 154 valence electrons. The van der Waals surface area contributed by atoms with Gasteiger partial charge in [-0.25, -0.2) is 9.69 Å². The summed E-state index contributed by atoms with van der Waals surface area (Å²) in [4.78, 5) is 25.9. The Balaban J connectivity index is 1.75. The number of hydrogen-bond donors (Lipinski definition) is 1. The smallest absolute Gasteiger partial charge is 0.343 e. The number of carbonyl (C=O) groups excluding carboxylic acids is 1. The molecule has 1 N–H and O–H groups in total. The molecule has 4 rings (SSSR count). The van der Waals surface area contributed by atoms with Gasteiger partial charge in [-0.2, -0.15) is 5.26 Å². The number of aromatic hydroxyl groups is 1. The van der Waals surface area contributed by atoms with Gasteiger partial charge in [-0.15, -0.1) is 0 Å². The van der Waals surface area contributed by atoms with E-state index in [1.54, 1.807) is 55.5 Å². The second-order valence-electron chi connectivity index (χ2n) is 6.90. The first kappa shape index (κ1) is 20.4. The van der Waals surface area contributed by atoms with Gasteiger partial charge in [0.2, 0.25) is 0 Å². The summed E-state index contributed by atoms with van der Waals surface area (Å²) in [5.41, 5.74) is 1.02. The van der Waals surface area contributed by atoms with Crippen molar-refractivity contribution >= 4 is 38.5 Å². The summed E-state index contributed by atoms with van der Waals surface area (Å²) in [5.74, 6) is -0.285. The number of carbonyl (C=O) groups is 1. The van der Waals surface area contributed by atoms with Gasteiger partial charge >= 0.3 is 5.63 Å². The van der Waals surface area contributed by atoms with Crippen LogP contribution < -0.4 is 10.5 Å². The van der Waals surface area contributed by atoms with E-state index in [1.807, 2.05) is 6.19 Å². The van der Waals surface area contributed by atoms with Crippen molar-refractivity contribution in [1.29, 1.82) is 5.26 Å². The molecule has 4 aromatic rings. The Morgan fingerprint density at radius 2 is 1.77 bits per heavy atom. The van der Waals surface area contributed by atoms with E-state index in [9.17, 15) is 20.0 Å². The molecule has 0 unspecified atom stereocenters. The Morgan fingerprint density at radius 1 is 1.06 bits per heavy atom. The van der Waals surface area contributed by atoms with Gasteiger partial charge in [-0.1, -0.05) is 15.9 Å². The van der Waals surface area contributed by atoms with Gasteiger partial charge in [-0.05, 0) is 62.4 Å². The number of rotatable bonds is 3. The van der Waals surface area contributed by atoms with Crippen LogP contribution in [0.1, 0.15) is 21.5 Å². The summed E-state index contributed by atoms with van der Waals surface area (Å²) in [6.07, 6.45) is 1.91. The predicted octanol–water partition coefficient (Wildman–Crippen LogP) is 5.27. The van der Waals surface area contributed by atoms with Gasteiger partial charge < -0.3 is 13.9 Å². The highest BCUT2D eigenvalue weighted by Crippen LogP contribution is 2.34. The first-order valence-electron chi connectivity index (χ1n) is 9.17. The first-order chi connectivity index (χ1) is 14.8. The summed E-state index contributed by atoms with van der Waals surface area (Å²) in [6.45, 7) is 3.09. The molecule has 0 bridgehead atoms. The van der Waals surface area contributed by atoms with Crippen LogP contribution in [0, 0.1) is 25.3 Å². The van der Waals surface area contributed by atoms with Gasteiger partial charge in [0.1, 0.15) is 11.3 Å². The van der Waals surface area contributed by atoms with Crippen LogP contribution in [-0.2, 0) is 0 Å². The molecule has 0 saturated carbocycles. The predicted molar refractivity (Wildman–Crippen MR) is 118 cm³/mol. The summed E-state index contributed by atoms with van der Waals surface area (Å²) in [5, 5.41) is 20.2. The van der Waals surface area contributed by atoms with Crippen molar-refractivity contribution in [2.45, 2.75) is 13.8 Å². The van der Waals surface area contributed by atoms with Gasteiger partial charge in [0.15, 0.2) is 17.7 Å². The molecule has 8 heteroatoms. The van der Waals surface area contributed by atoms with Gasteiger partial charge in [0.25, 0.3) is 5.91 Å². The molecule has 0 saturated heterocycles. The lowest BCUT2D eigenvalue weighted by Crippen LogP contribution is -2.25. The fourth-order valence-electron chi connectivity index (χ4n) is 3.19. The molecular formula is C23H15BrN2O5. The van der Waals surface area contributed by atoms with Crippen LogP contribution in [0.25, 0.3) is 22.5 Å². The summed E-state index contributed by atoms with van der Waals surface area (Å²) in [7, 11) is 0. The third-order valence-electron chi connectivity index (χ3n) is 4.93. The Hall–Kier alpha value is -3.83. The van der Waals surface area contributed by atoms with E-state index in [-0.39, 0.29) is 28.4 Å². The van der Waals surface area contributed by atoms with E-state index < -0.39 is 11.5 Å². The highest BCUT2D eigenvalue weighted by atomic mass is 79.9. The van der Waals surface area contributed by atoms with Crippen LogP contribution in [0.5, 0.6) is 5.75 Å². The van der Waals surface area contributed by atoms with Crippen molar-refractivity contribution in [3.05, 3.63) is 80.1 Å². The van der Waals surface area contributed by atoms with Gasteiger partial charge in [0.05, 0.1) is 11.3 Å². The van der Waals surface area contributed by atoms with Crippen molar-refractivity contribution in [2.24, 2.45) is 0 Å². The number of benzene rings is 2. The number of nitrogens with zero attached hydrogens (tertiary/aromatic N) is 2. The fraction of sp³-hybridized carbons (Fsp3) is 0.0870. The quantitative estimate of drug-likeness (QED) is 0.317. The molecule has 2 aromatic heterocycles. The number of halogens is 1. The maximum absolute atomic E-state index is 12.9. The normalized spacial score (nSPS) is 10.8. The molecule has 0 radical (unpaired) electrons. The van der Waals surface area contributed by atoms with Crippen LogP contribution >= 0.6 is 15.9 Å². The molecule has 2 aromatic carbocycles. The van der Waals surface area contributed by atoms with E-state index in [4.69, 9.17) is 8.83 Å². The second-order valence-corrected chi connectivity index (χ2v) is 7.81. The zero-order valence-electron chi connectivity index (χ0n) is 16.5. The maximum atomic E-state index is 12.9. The Bertz CT molecular complexity index is 1430. The second kappa shape index (κ2) is 7.78. The van der Waals surface area contributed by atoms with Crippen molar-refractivity contribution < 1.29 is 18.7 Å². The van der Waals surface area contributed by atoms with Crippen LogP contribution in [0.4, 0.5) is 5.69 Å². The fourth-order valence-corrected chi connectivity index (χ4v) is 3.46. The maximum Gasteiger partial charge on any atom is 0.343 e. The average Bonchev–Trinajstić information content (AvgIpc) is 3.19. The number of amides is 1. The lowest BCUT2D eigenvalue weighted by Gasteiger charge is -2.13. The van der Waals surface area contributed by atoms with Crippen LogP contribution in [-0.4, -0.2) is 11.0 Å². The molecule has 0 aliphatic heterocycles. The van der Waals surface area contributed by atoms with Gasteiger partial charge in [-0.3, -0.25) is 4.79 Å². The lowest BCUT2D eigenvalue weighted by molar-refractivity contribution is 0.0999. The van der Waals surface area contributed by atoms with E-state index in [2.05, 4.69) is 15.9 Å². The first-order valence-corrected chi connectivity index (χ1v) is 9.96. The molecule has 7 nitrogen and oxygen atoms in total. The number of nitriles is 1. The molecule has 0 atom stereocenters. The van der Waals surface area contributed by atoms with Crippen molar-refractivity contribution in [1.82, 2.24) is 0 Å². The zero-order chi connectivity index (χ0) is 22.3. The van der Waals surface area contributed by atoms with Crippen molar-refractivity contribution in [2.75, 3.05) is 4.90 Å². The topological polar surface area (TPSA) is 108 Å². The number of fused-ring (bicyclic) bond motifs is 1. The monoisotopic (exact) mass is 478 g/mol. The molecule has 0 spiro atoms. The molecule has 0 fully saturated rings. The lowest BCUT2D eigenvalue weighted by atomic mass is 10.1. The number of anilines is 1. The minimum Gasteiger partial charge on any atom is -0.507 e. The largest absolute Gasteiger partial charge is 0.507 e. The molecule has 1 amide bonds. The third kappa shape index (κ3) is 3.60. The Labute approximate surface area is 184 Å². The van der Waals surface area contributed by atoms with Crippen molar-refractivity contribution in [3.8, 4) is 23.5 Å². The van der Waals surface area contributed by atoms with Crippen LogP contribution in [0.2, 0.25) is 0 Å². The summed E-state index contributed by atoms with van der Waals surface area (Å²) < 4.78 is 11.9. The average molecular weight is 479 g/mol. The van der Waals surface area contributed by atoms with Crippen LogP contribution in [0.15, 0.2) is 66.6 Å². The Kier molecular flexibility index (Phi) is 5.13. The SMILES string of the molecule is Cc1c(-c2cc3cc(C(=O)N(C#N)c4ccc(Br)cc4)ccc3o2)oc(=O)c(C)c1O. The molecule has 2 heterocycles. The van der Waals surface area contributed by atoms with E-state index in [0.29, 0.717) is 22.2 Å². The molecule has 0 aliphatic rings. The van der Waals surface area contributed by atoms with Crippen LogP contribution in [0.3, 0.4) is 0 Å². The standard InChI is InChI=1S/C23H15BrN2O5/c1-12-20(27)13(2)23(29)31-21(12)19-10-15-9-14(3-8-18(15)30-19)22(28)26(11-25)17-6-4-16(24)5-7-17/h3-10,27H,1-2H3. The molecule has 0 aliphatic carbocycles. The Morgan fingerprint density at radius 3 is 2.45 bits per heavy atom. The van der Waals surface area contributed by atoms with E-state index in [0.717, 1.165) is 9.37 Å².